The Bertz CT molecular complexity index is 2880. The van der Waals surface area contributed by atoms with Crippen LogP contribution >= 0.6 is 0 Å². The largest absolute Gasteiger partial charge is 0.208 e. The van der Waals surface area contributed by atoms with Crippen LogP contribution in [0.2, 0.25) is 0 Å². The molecule has 0 unspecified atom stereocenters. The highest BCUT2D eigenvalue weighted by atomic mass is 15.0. The molecule has 0 aliphatic heterocycles. The Morgan fingerprint density at radius 2 is 0.554 bits per heavy atom. The zero-order chi connectivity index (χ0) is 37.3. The summed E-state index contributed by atoms with van der Waals surface area (Å²) < 4.78 is 0. The van der Waals surface area contributed by atoms with Crippen molar-refractivity contribution < 1.29 is 0 Å². The molecule has 0 N–H and O–H groups in total. The number of hydrogen-bond acceptors (Lipinski definition) is 3. The predicted molar refractivity (Wildman–Crippen MR) is 233 cm³/mol. The zero-order valence-corrected chi connectivity index (χ0v) is 30.5. The van der Waals surface area contributed by atoms with Gasteiger partial charge in [-0.3, -0.25) is 0 Å². The second-order valence-corrected chi connectivity index (χ2v) is 13.9. The molecule has 0 aliphatic rings. The topological polar surface area (TPSA) is 38.7 Å². The second kappa shape index (κ2) is 14.4. The van der Waals surface area contributed by atoms with Gasteiger partial charge in [-0.25, -0.2) is 15.0 Å². The number of nitrogens with zero attached hydrogens (tertiary/aromatic N) is 3. The van der Waals surface area contributed by atoms with Crippen LogP contribution in [-0.2, 0) is 0 Å². The number of rotatable bonds is 7. The lowest BCUT2D eigenvalue weighted by molar-refractivity contribution is 1.07. The maximum Gasteiger partial charge on any atom is 0.164 e. The molecule has 1 heterocycles. The third kappa shape index (κ3) is 6.02. The van der Waals surface area contributed by atoms with Crippen molar-refractivity contribution in [2.75, 3.05) is 0 Å². The second-order valence-electron chi connectivity index (χ2n) is 13.9. The molecule has 3 nitrogen and oxygen atoms in total. The van der Waals surface area contributed by atoms with Crippen LogP contribution in [0, 0.1) is 0 Å². The van der Waals surface area contributed by atoms with Crippen molar-refractivity contribution in [3.63, 3.8) is 0 Å². The first-order valence-electron chi connectivity index (χ1n) is 19.0. The monoisotopic (exact) mass is 713 g/mol. The highest BCUT2D eigenvalue weighted by Crippen LogP contribution is 2.45. The Hall–Kier alpha value is -7.49. The van der Waals surface area contributed by atoms with Gasteiger partial charge >= 0.3 is 0 Å². The lowest BCUT2D eigenvalue weighted by Gasteiger charge is -2.19. The predicted octanol–water partition coefficient (Wildman–Crippen LogP) is 13.8. The van der Waals surface area contributed by atoms with Crippen LogP contribution in [0.3, 0.4) is 0 Å². The molecule has 9 aromatic carbocycles. The highest BCUT2D eigenvalue weighted by Gasteiger charge is 2.21. The Kier molecular flexibility index (Phi) is 8.51. The van der Waals surface area contributed by atoms with Gasteiger partial charge in [-0.1, -0.05) is 206 Å². The van der Waals surface area contributed by atoms with Gasteiger partial charge in [0.15, 0.2) is 17.5 Å². The van der Waals surface area contributed by atoms with Crippen molar-refractivity contribution in [3.05, 3.63) is 212 Å². The van der Waals surface area contributed by atoms with E-state index < -0.39 is 0 Å². The smallest absolute Gasteiger partial charge is 0.164 e. The summed E-state index contributed by atoms with van der Waals surface area (Å²) in [6.07, 6.45) is 0. The maximum atomic E-state index is 5.16. The summed E-state index contributed by atoms with van der Waals surface area (Å²) in [7, 11) is 0. The van der Waals surface area contributed by atoms with Crippen molar-refractivity contribution in [1.29, 1.82) is 0 Å². The van der Waals surface area contributed by atoms with E-state index in [4.69, 9.17) is 15.0 Å². The van der Waals surface area contributed by atoms with Crippen LogP contribution in [-0.4, -0.2) is 15.0 Å². The fourth-order valence-electron chi connectivity index (χ4n) is 8.02. The van der Waals surface area contributed by atoms with E-state index in [2.05, 4.69) is 152 Å². The van der Waals surface area contributed by atoms with Gasteiger partial charge in [-0.2, -0.15) is 0 Å². The van der Waals surface area contributed by atoms with Crippen molar-refractivity contribution in [2.24, 2.45) is 0 Å². The minimum Gasteiger partial charge on any atom is -0.208 e. The fraction of sp³-hybridized carbons (Fsp3) is 0. The number of aromatic nitrogens is 3. The maximum absolute atomic E-state index is 5.16. The molecule has 0 aliphatic carbocycles. The zero-order valence-electron chi connectivity index (χ0n) is 30.5. The van der Waals surface area contributed by atoms with Crippen molar-refractivity contribution in [3.8, 4) is 78.7 Å². The first-order valence-corrected chi connectivity index (χ1v) is 19.0. The molecule has 0 atom stereocenters. The molecule has 56 heavy (non-hydrogen) atoms. The molecule has 10 rings (SSSR count). The molecule has 262 valence electrons. The van der Waals surface area contributed by atoms with Crippen LogP contribution in [0.25, 0.3) is 100 Å². The molecule has 0 spiro atoms. The van der Waals surface area contributed by atoms with Crippen LogP contribution in [0.1, 0.15) is 0 Å². The number of fused-ring (bicyclic) bond motifs is 2. The highest BCUT2D eigenvalue weighted by molar-refractivity contribution is 6.21. The number of benzene rings is 9. The van der Waals surface area contributed by atoms with Gasteiger partial charge in [0.1, 0.15) is 0 Å². The molecular weight excluding hydrogens is 679 g/mol. The average molecular weight is 714 g/mol. The first kappa shape index (κ1) is 33.1. The lowest BCUT2D eigenvalue weighted by Crippen LogP contribution is -2.01. The summed E-state index contributed by atoms with van der Waals surface area (Å²) >= 11 is 0. The van der Waals surface area contributed by atoms with Crippen LogP contribution in [0.15, 0.2) is 212 Å². The third-order valence-corrected chi connectivity index (χ3v) is 10.5. The van der Waals surface area contributed by atoms with E-state index in [1.165, 1.54) is 38.2 Å². The van der Waals surface area contributed by atoms with E-state index in [0.717, 1.165) is 44.5 Å². The summed E-state index contributed by atoms with van der Waals surface area (Å²) in [4.78, 5) is 15.3. The van der Waals surface area contributed by atoms with Gasteiger partial charge in [-0.15, -0.1) is 0 Å². The Morgan fingerprint density at radius 1 is 0.214 bits per heavy atom. The normalized spacial score (nSPS) is 11.2. The van der Waals surface area contributed by atoms with E-state index in [1.54, 1.807) is 0 Å². The van der Waals surface area contributed by atoms with E-state index in [-0.39, 0.29) is 0 Å². The molecule has 0 amide bonds. The number of hydrogen-bond donors (Lipinski definition) is 0. The van der Waals surface area contributed by atoms with Crippen molar-refractivity contribution >= 4 is 21.5 Å². The molecule has 10 aromatic rings. The minimum atomic E-state index is 0.628. The molecule has 1 aromatic heterocycles. The van der Waals surface area contributed by atoms with Gasteiger partial charge in [0.05, 0.1) is 0 Å². The van der Waals surface area contributed by atoms with Crippen LogP contribution in [0.4, 0.5) is 0 Å². The van der Waals surface area contributed by atoms with Crippen LogP contribution in [0.5, 0.6) is 0 Å². The summed E-state index contributed by atoms with van der Waals surface area (Å²) in [5.41, 5.74) is 12.1. The molecule has 0 saturated heterocycles. The van der Waals surface area contributed by atoms with Crippen LogP contribution < -0.4 is 0 Å². The summed E-state index contributed by atoms with van der Waals surface area (Å²) in [5, 5.41) is 4.93. The van der Waals surface area contributed by atoms with E-state index in [0.29, 0.717) is 17.5 Å². The molecule has 0 fully saturated rings. The SMILES string of the molecule is c1ccc(-c2nc(-c3ccccc3)nc(-c3cccc(-c4cccc(-c5c6ccccc6c(-c6ccccc6)c6ccccc56)c4)c3-c3ccccc3)n2)cc1. The minimum absolute atomic E-state index is 0.628. The van der Waals surface area contributed by atoms with Crippen molar-refractivity contribution in [2.45, 2.75) is 0 Å². The molecular formula is C53H35N3. The Morgan fingerprint density at radius 3 is 1.05 bits per heavy atom. The van der Waals surface area contributed by atoms with E-state index in [9.17, 15) is 0 Å². The van der Waals surface area contributed by atoms with Crippen molar-refractivity contribution in [1.82, 2.24) is 15.0 Å². The molecule has 3 heteroatoms. The van der Waals surface area contributed by atoms with Gasteiger partial charge < -0.3 is 0 Å². The van der Waals surface area contributed by atoms with Gasteiger partial charge in [0.2, 0.25) is 0 Å². The Labute approximate surface area is 326 Å². The summed E-state index contributed by atoms with van der Waals surface area (Å²) in [6.45, 7) is 0. The summed E-state index contributed by atoms with van der Waals surface area (Å²) in [5.74, 6) is 1.90. The molecule has 0 radical (unpaired) electrons. The third-order valence-electron chi connectivity index (χ3n) is 10.5. The van der Waals surface area contributed by atoms with E-state index in [1.807, 2.05) is 60.7 Å². The fourth-order valence-corrected chi connectivity index (χ4v) is 8.02. The van der Waals surface area contributed by atoms with Gasteiger partial charge in [0, 0.05) is 22.3 Å². The van der Waals surface area contributed by atoms with Gasteiger partial charge in [0.25, 0.3) is 0 Å². The molecule has 0 bridgehead atoms. The first-order chi connectivity index (χ1) is 27.8. The van der Waals surface area contributed by atoms with E-state index >= 15 is 0 Å². The lowest BCUT2D eigenvalue weighted by atomic mass is 9.84. The standard InChI is InChI=1S/C53H35N3/c1-5-19-36(20-6-1)48-42(33-18-34-47(48)53-55-51(38-23-9-3-10-24-38)54-52(56-53)39-25-11-4-12-26-39)40-27-17-28-41(35-40)50-45-31-15-13-29-43(45)49(37-21-7-2-8-22-37)44-30-14-16-32-46(44)50/h1-35H. The summed E-state index contributed by atoms with van der Waals surface area (Å²) in [6, 6.07) is 74.8. The Balaban J connectivity index is 1.21. The average Bonchev–Trinajstić information content (AvgIpc) is 3.29. The molecule has 0 saturated carbocycles. The quantitative estimate of drug-likeness (QED) is 0.154. The van der Waals surface area contributed by atoms with Gasteiger partial charge in [-0.05, 0) is 66.6 Å².